The Morgan fingerprint density at radius 1 is 1.47 bits per heavy atom. The number of nitrogens with two attached hydrogens (primary N) is 1. The second-order valence-corrected chi connectivity index (χ2v) is 5.78. The molecular weight excluding hydrogens is 204 g/mol. The highest BCUT2D eigenvalue weighted by Gasteiger charge is 2.30. The van der Waals surface area contributed by atoms with Crippen LogP contribution in [-0.4, -0.2) is 42.6 Å². The molecule has 1 saturated carbocycles. The largest absolute Gasteiger partial charge is 0.329 e. The Bertz CT molecular complexity index is 171. The minimum atomic E-state index is 0.621. The Hall–Kier alpha value is 0.270. The van der Waals surface area contributed by atoms with Crippen molar-refractivity contribution in [1.82, 2.24) is 4.90 Å². The van der Waals surface area contributed by atoms with Gasteiger partial charge in [-0.1, -0.05) is 6.42 Å². The first-order valence-corrected chi connectivity index (χ1v) is 7.51. The average Bonchev–Trinajstić information content (AvgIpc) is 2.18. The van der Waals surface area contributed by atoms with Crippen LogP contribution in [0.1, 0.15) is 32.6 Å². The molecule has 0 aromatic carbocycles. The summed E-state index contributed by atoms with van der Waals surface area (Å²) in [6.45, 7) is 3.16. The molecule has 0 aromatic heterocycles. The number of likely N-dealkylation sites (N-methyl/N-ethyl adjacent to an activating group) is 1. The summed E-state index contributed by atoms with van der Waals surface area (Å²) in [7, 11) is 2.25. The van der Waals surface area contributed by atoms with E-state index in [1.165, 1.54) is 31.4 Å². The van der Waals surface area contributed by atoms with E-state index in [1.807, 2.05) is 11.8 Å². The van der Waals surface area contributed by atoms with Gasteiger partial charge in [0.1, 0.15) is 0 Å². The molecule has 2 atom stereocenters. The predicted molar refractivity (Wildman–Crippen MR) is 70.4 cm³/mol. The number of rotatable bonds is 7. The first-order valence-electron chi connectivity index (χ1n) is 6.11. The standard InChI is InChI=1S/C12H26N2S/c1-10(7-8-15-3)14(2)12(9-13)11-5-4-6-11/h10-12H,4-9,13H2,1-3H3. The number of hydrogen-bond donors (Lipinski definition) is 1. The van der Waals surface area contributed by atoms with Gasteiger partial charge in [0.05, 0.1) is 0 Å². The van der Waals surface area contributed by atoms with Crippen molar-refractivity contribution in [3.8, 4) is 0 Å². The maximum Gasteiger partial charge on any atom is 0.0246 e. The lowest BCUT2D eigenvalue weighted by Crippen LogP contribution is -2.49. The molecule has 0 amide bonds. The van der Waals surface area contributed by atoms with Gasteiger partial charge >= 0.3 is 0 Å². The third-order valence-electron chi connectivity index (χ3n) is 3.89. The summed E-state index contributed by atoms with van der Waals surface area (Å²) < 4.78 is 0. The molecule has 2 N–H and O–H groups in total. The van der Waals surface area contributed by atoms with E-state index in [0.29, 0.717) is 12.1 Å². The lowest BCUT2D eigenvalue weighted by molar-refractivity contribution is 0.0921. The van der Waals surface area contributed by atoms with Crippen molar-refractivity contribution in [3.05, 3.63) is 0 Å². The van der Waals surface area contributed by atoms with Crippen LogP contribution >= 0.6 is 11.8 Å². The molecule has 2 unspecified atom stereocenters. The highest BCUT2D eigenvalue weighted by Crippen LogP contribution is 2.32. The fraction of sp³-hybridized carbons (Fsp3) is 1.00. The van der Waals surface area contributed by atoms with Crippen molar-refractivity contribution in [2.45, 2.75) is 44.7 Å². The van der Waals surface area contributed by atoms with Crippen molar-refractivity contribution in [3.63, 3.8) is 0 Å². The van der Waals surface area contributed by atoms with Gasteiger partial charge in [0, 0.05) is 18.6 Å². The molecule has 2 nitrogen and oxygen atoms in total. The van der Waals surface area contributed by atoms with Gasteiger partial charge in [-0.25, -0.2) is 0 Å². The van der Waals surface area contributed by atoms with Crippen LogP contribution in [0.25, 0.3) is 0 Å². The summed E-state index contributed by atoms with van der Waals surface area (Å²) >= 11 is 1.94. The Morgan fingerprint density at radius 3 is 2.53 bits per heavy atom. The van der Waals surface area contributed by atoms with Crippen molar-refractivity contribution in [2.24, 2.45) is 11.7 Å². The molecule has 90 valence electrons. The van der Waals surface area contributed by atoms with Gasteiger partial charge in [0.25, 0.3) is 0 Å². The lowest BCUT2D eigenvalue weighted by Gasteiger charge is -2.41. The number of thioether (sulfide) groups is 1. The molecule has 0 bridgehead atoms. The Labute approximate surface area is 99.0 Å². The zero-order chi connectivity index (χ0) is 11.3. The SMILES string of the molecule is CSCCC(C)N(C)C(CN)C1CCC1. The molecule has 1 rings (SSSR count). The van der Waals surface area contributed by atoms with Gasteiger partial charge in [-0.3, -0.25) is 4.90 Å². The molecule has 1 aliphatic rings. The molecule has 1 aliphatic carbocycles. The molecule has 3 heteroatoms. The first-order chi connectivity index (χ1) is 7.20. The summed E-state index contributed by atoms with van der Waals surface area (Å²) in [6.07, 6.45) is 7.65. The predicted octanol–water partition coefficient (Wildman–Crippen LogP) is 2.19. The highest BCUT2D eigenvalue weighted by molar-refractivity contribution is 7.98. The molecule has 0 aliphatic heterocycles. The Balaban J connectivity index is 2.36. The summed E-state index contributed by atoms with van der Waals surface area (Å²) in [6, 6.07) is 1.29. The van der Waals surface area contributed by atoms with Crippen molar-refractivity contribution in [1.29, 1.82) is 0 Å². The third-order valence-corrected chi connectivity index (χ3v) is 4.54. The van der Waals surface area contributed by atoms with Gasteiger partial charge in [0.15, 0.2) is 0 Å². The minimum absolute atomic E-state index is 0.621. The maximum absolute atomic E-state index is 5.90. The van der Waals surface area contributed by atoms with E-state index < -0.39 is 0 Å². The Morgan fingerprint density at radius 2 is 2.13 bits per heavy atom. The maximum atomic E-state index is 5.90. The van der Waals surface area contributed by atoms with Crippen LogP contribution in [0.3, 0.4) is 0 Å². The quantitative estimate of drug-likeness (QED) is 0.727. The summed E-state index contributed by atoms with van der Waals surface area (Å²) in [5.74, 6) is 2.13. The average molecular weight is 230 g/mol. The second kappa shape index (κ2) is 6.77. The van der Waals surface area contributed by atoms with Crippen LogP contribution in [0.15, 0.2) is 0 Å². The molecule has 0 saturated heterocycles. The van der Waals surface area contributed by atoms with E-state index in [4.69, 9.17) is 5.73 Å². The van der Waals surface area contributed by atoms with Crippen molar-refractivity contribution < 1.29 is 0 Å². The van der Waals surface area contributed by atoms with Crippen LogP contribution in [0.2, 0.25) is 0 Å². The van der Waals surface area contributed by atoms with Crippen LogP contribution in [0.5, 0.6) is 0 Å². The van der Waals surface area contributed by atoms with E-state index in [-0.39, 0.29) is 0 Å². The summed E-state index contributed by atoms with van der Waals surface area (Å²) in [5, 5.41) is 0. The van der Waals surface area contributed by atoms with Crippen LogP contribution in [-0.2, 0) is 0 Å². The van der Waals surface area contributed by atoms with Crippen LogP contribution in [0, 0.1) is 5.92 Å². The fourth-order valence-electron chi connectivity index (χ4n) is 2.33. The zero-order valence-corrected chi connectivity index (χ0v) is 11.2. The van der Waals surface area contributed by atoms with Gasteiger partial charge in [-0.2, -0.15) is 11.8 Å². The fourth-order valence-corrected chi connectivity index (χ4v) is 2.91. The van der Waals surface area contributed by atoms with Gasteiger partial charge in [-0.15, -0.1) is 0 Å². The third kappa shape index (κ3) is 3.65. The van der Waals surface area contributed by atoms with Gasteiger partial charge in [0.2, 0.25) is 0 Å². The topological polar surface area (TPSA) is 29.3 Å². The number of hydrogen-bond acceptors (Lipinski definition) is 3. The smallest absolute Gasteiger partial charge is 0.0246 e. The van der Waals surface area contributed by atoms with E-state index >= 15 is 0 Å². The second-order valence-electron chi connectivity index (χ2n) is 4.79. The van der Waals surface area contributed by atoms with Gasteiger partial charge < -0.3 is 5.73 Å². The highest BCUT2D eigenvalue weighted by atomic mass is 32.2. The summed E-state index contributed by atoms with van der Waals surface area (Å²) in [4.78, 5) is 2.51. The molecule has 0 heterocycles. The van der Waals surface area contributed by atoms with E-state index in [0.717, 1.165) is 12.5 Å². The molecule has 15 heavy (non-hydrogen) atoms. The van der Waals surface area contributed by atoms with Gasteiger partial charge in [-0.05, 0) is 51.2 Å². The normalized spacial score (nSPS) is 21.4. The van der Waals surface area contributed by atoms with Crippen LogP contribution in [0.4, 0.5) is 0 Å². The van der Waals surface area contributed by atoms with Crippen molar-refractivity contribution >= 4 is 11.8 Å². The molecular formula is C12H26N2S. The molecule has 1 fully saturated rings. The van der Waals surface area contributed by atoms with E-state index in [2.05, 4.69) is 25.1 Å². The van der Waals surface area contributed by atoms with E-state index in [9.17, 15) is 0 Å². The molecule has 0 radical (unpaired) electrons. The number of nitrogens with zero attached hydrogens (tertiary/aromatic N) is 1. The monoisotopic (exact) mass is 230 g/mol. The van der Waals surface area contributed by atoms with E-state index in [1.54, 1.807) is 0 Å². The molecule has 0 spiro atoms. The lowest BCUT2D eigenvalue weighted by atomic mass is 9.79. The van der Waals surface area contributed by atoms with Crippen LogP contribution < -0.4 is 5.73 Å². The molecule has 0 aromatic rings. The van der Waals surface area contributed by atoms with Crippen molar-refractivity contribution in [2.75, 3.05) is 25.6 Å². The first kappa shape index (κ1) is 13.3. The minimum Gasteiger partial charge on any atom is -0.329 e. The Kier molecular flexibility index (Phi) is 6.02. The zero-order valence-electron chi connectivity index (χ0n) is 10.4. The summed E-state index contributed by atoms with van der Waals surface area (Å²) in [5.41, 5.74) is 5.90.